The fourth-order valence-electron chi connectivity index (χ4n) is 4.55. The second-order valence-electron chi connectivity index (χ2n) is 6.98. The minimum atomic E-state index is -3.60. The number of ether oxygens (including phenoxy) is 3. The lowest BCUT2D eigenvalue weighted by molar-refractivity contribution is -0.286. The largest absolute Gasteiger partial charge is 0.586 e. The number of hydrogen-bond acceptors (Lipinski definition) is 5. The van der Waals surface area contributed by atoms with Crippen molar-refractivity contribution in [1.82, 2.24) is 9.80 Å². The summed E-state index contributed by atoms with van der Waals surface area (Å²) in [4.78, 5) is 16.4. The van der Waals surface area contributed by atoms with Gasteiger partial charge in [0.2, 0.25) is 5.91 Å². The van der Waals surface area contributed by atoms with Gasteiger partial charge in [-0.2, -0.15) is 0 Å². The smallest absolute Gasteiger partial charge is 0.395 e. The summed E-state index contributed by atoms with van der Waals surface area (Å²) in [5.41, 5.74) is 0.345. The first-order chi connectivity index (χ1) is 12.0. The molecule has 0 aromatic heterocycles. The quantitative estimate of drug-likeness (QED) is 0.814. The molecule has 0 aliphatic carbocycles. The standard InChI is InChI=1S/C17H18F2N2O4/c18-17(19)24-12-3-2-11(8-13(12)25-17)10-20-6-4-16-14(20)9-15(22)21(16)5-1-7-23-16/h2-3,8,14H,1,4-7,9-10H2/t14-,16+/m1/s1. The fraction of sp³-hybridized carbons (Fsp3) is 0.588. The second-order valence-corrected chi connectivity index (χ2v) is 6.98. The number of benzene rings is 1. The molecule has 4 aliphatic heterocycles. The summed E-state index contributed by atoms with van der Waals surface area (Å²) in [6, 6.07) is 4.84. The van der Waals surface area contributed by atoms with E-state index in [1.165, 1.54) is 6.07 Å². The van der Waals surface area contributed by atoms with Crippen LogP contribution in [0.1, 0.15) is 24.8 Å². The van der Waals surface area contributed by atoms with E-state index in [1.807, 2.05) is 4.90 Å². The highest BCUT2D eigenvalue weighted by atomic mass is 19.3. The minimum absolute atomic E-state index is 0.00663. The molecule has 0 unspecified atom stereocenters. The number of likely N-dealkylation sites (tertiary alicyclic amines) is 1. The van der Waals surface area contributed by atoms with Crippen LogP contribution >= 0.6 is 0 Å². The van der Waals surface area contributed by atoms with Crippen LogP contribution in [0.25, 0.3) is 0 Å². The van der Waals surface area contributed by atoms with E-state index in [4.69, 9.17) is 4.74 Å². The van der Waals surface area contributed by atoms with Gasteiger partial charge in [-0.15, -0.1) is 8.78 Å². The average Bonchev–Trinajstić information content (AvgIpc) is 3.15. The zero-order chi connectivity index (χ0) is 17.2. The Labute approximate surface area is 143 Å². The molecular formula is C17H18F2N2O4. The van der Waals surface area contributed by atoms with Crippen LogP contribution in [0.4, 0.5) is 8.78 Å². The first-order valence-electron chi connectivity index (χ1n) is 8.54. The van der Waals surface area contributed by atoms with E-state index in [0.717, 1.165) is 31.5 Å². The Morgan fingerprint density at radius 2 is 2.04 bits per heavy atom. The van der Waals surface area contributed by atoms with Crippen molar-refractivity contribution in [3.8, 4) is 11.5 Å². The molecule has 1 aromatic rings. The molecule has 1 aromatic carbocycles. The van der Waals surface area contributed by atoms with Crippen molar-refractivity contribution in [2.24, 2.45) is 0 Å². The molecule has 134 valence electrons. The van der Waals surface area contributed by atoms with E-state index in [2.05, 4.69) is 14.4 Å². The summed E-state index contributed by atoms with van der Waals surface area (Å²) in [5, 5.41) is 0. The van der Waals surface area contributed by atoms with Crippen LogP contribution in [0.5, 0.6) is 11.5 Å². The summed E-state index contributed by atoms with van der Waals surface area (Å²) >= 11 is 0. The van der Waals surface area contributed by atoms with Gasteiger partial charge in [-0.3, -0.25) is 9.69 Å². The van der Waals surface area contributed by atoms with Crippen LogP contribution in [0.3, 0.4) is 0 Å². The topological polar surface area (TPSA) is 51.2 Å². The van der Waals surface area contributed by atoms with Gasteiger partial charge in [0.15, 0.2) is 17.2 Å². The molecule has 1 amide bonds. The number of fused-ring (bicyclic) bond motifs is 1. The van der Waals surface area contributed by atoms with Crippen molar-refractivity contribution in [2.45, 2.75) is 43.9 Å². The molecule has 0 saturated carbocycles. The first kappa shape index (κ1) is 15.3. The Kier molecular flexibility index (Phi) is 3.09. The molecule has 1 spiro atoms. The number of halogens is 2. The maximum absolute atomic E-state index is 13.2. The maximum Gasteiger partial charge on any atom is 0.586 e. The monoisotopic (exact) mass is 352 g/mol. The lowest BCUT2D eigenvalue weighted by atomic mass is 10.0. The van der Waals surface area contributed by atoms with E-state index in [-0.39, 0.29) is 23.4 Å². The lowest BCUT2D eigenvalue weighted by Crippen LogP contribution is -2.56. The summed E-state index contributed by atoms with van der Waals surface area (Å²) in [6.07, 6.45) is -1.50. The fourth-order valence-corrected chi connectivity index (χ4v) is 4.55. The highest BCUT2D eigenvalue weighted by Crippen LogP contribution is 2.46. The van der Waals surface area contributed by atoms with E-state index in [0.29, 0.717) is 19.6 Å². The SMILES string of the molecule is O=C1C[C@H]2N(Cc3ccc4c(c3)OC(F)(F)O4)CC[C@]23OCCCN13. The lowest BCUT2D eigenvalue weighted by Gasteiger charge is -2.42. The molecule has 0 bridgehead atoms. The Bertz CT molecular complexity index is 743. The van der Waals surface area contributed by atoms with Crippen LogP contribution in [-0.2, 0) is 16.1 Å². The molecule has 4 heterocycles. The molecule has 25 heavy (non-hydrogen) atoms. The van der Waals surface area contributed by atoms with E-state index in [1.54, 1.807) is 12.1 Å². The summed E-state index contributed by atoms with van der Waals surface area (Å²) in [5.74, 6) is 0.235. The molecular weight excluding hydrogens is 334 g/mol. The van der Waals surface area contributed by atoms with Gasteiger partial charge < -0.3 is 19.1 Å². The van der Waals surface area contributed by atoms with Gasteiger partial charge in [-0.1, -0.05) is 6.07 Å². The van der Waals surface area contributed by atoms with E-state index in [9.17, 15) is 13.6 Å². The predicted octanol–water partition coefficient (Wildman–Crippen LogP) is 1.93. The maximum atomic E-state index is 13.2. The molecule has 2 atom stereocenters. The Morgan fingerprint density at radius 3 is 2.92 bits per heavy atom. The molecule has 8 heteroatoms. The van der Waals surface area contributed by atoms with Crippen molar-refractivity contribution in [2.75, 3.05) is 19.7 Å². The molecule has 3 saturated heterocycles. The van der Waals surface area contributed by atoms with Gasteiger partial charge >= 0.3 is 6.29 Å². The van der Waals surface area contributed by atoms with Crippen LogP contribution in [-0.4, -0.2) is 53.5 Å². The summed E-state index contributed by atoms with van der Waals surface area (Å²) < 4.78 is 41.4. The van der Waals surface area contributed by atoms with E-state index >= 15 is 0 Å². The third-order valence-electron chi connectivity index (χ3n) is 5.57. The van der Waals surface area contributed by atoms with Gasteiger partial charge in [0.05, 0.1) is 12.6 Å². The van der Waals surface area contributed by atoms with Crippen molar-refractivity contribution in [3.63, 3.8) is 0 Å². The number of alkyl halides is 2. The van der Waals surface area contributed by atoms with Crippen LogP contribution in [0.15, 0.2) is 18.2 Å². The summed E-state index contributed by atoms with van der Waals surface area (Å²) in [6.45, 7) is 2.79. The molecule has 6 nitrogen and oxygen atoms in total. The number of rotatable bonds is 2. The number of nitrogens with zero attached hydrogens (tertiary/aromatic N) is 2. The number of amides is 1. The third kappa shape index (κ3) is 2.23. The van der Waals surface area contributed by atoms with Crippen LogP contribution in [0.2, 0.25) is 0 Å². The Hall–Kier alpha value is -1.93. The number of carbonyl (C=O) groups is 1. The van der Waals surface area contributed by atoms with Gasteiger partial charge in [0, 0.05) is 32.5 Å². The van der Waals surface area contributed by atoms with Gasteiger partial charge in [-0.05, 0) is 24.1 Å². The normalized spacial score (nSPS) is 32.8. The Morgan fingerprint density at radius 1 is 1.20 bits per heavy atom. The molecule has 3 fully saturated rings. The third-order valence-corrected chi connectivity index (χ3v) is 5.57. The van der Waals surface area contributed by atoms with Gasteiger partial charge in [-0.25, -0.2) is 0 Å². The molecule has 4 aliphatic rings. The van der Waals surface area contributed by atoms with Crippen molar-refractivity contribution < 1.29 is 27.8 Å². The first-order valence-corrected chi connectivity index (χ1v) is 8.54. The molecule has 0 radical (unpaired) electrons. The van der Waals surface area contributed by atoms with E-state index < -0.39 is 12.0 Å². The van der Waals surface area contributed by atoms with Crippen molar-refractivity contribution >= 4 is 5.91 Å². The van der Waals surface area contributed by atoms with Crippen molar-refractivity contribution in [1.29, 1.82) is 0 Å². The predicted molar refractivity (Wildman–Crippen MR) is 81.1 cm³/mol. The molecule has 5 rings (SSSR count). The zero-order valence-corrected chi connectivity index (χ0v) is 13.5. The second kappa shape index (κ2) is 5.04. The van der Waals surface area contributed by atoms with Crippen molar-refractivity contribution in [3.05, 3.63) is 23.8 Å². The zero-order valence-electron chi connectivity index (χ0n) is 13.5. The summed E-state index contributed by atoms with van der Waals surface area (Å²) in [7, 11) is 0. The van der Waals surface area contributed by atoms with Crippen LogP contribution < -0.4 is 9.47 Å². The average molecular weight is 352 g/mol. The molecule has 0 N–H and O–H groups in total. The number of hydrogen-bond donors (Lipinski definition) is 0. The Balaban J connectivity index is 1.37. The van der Waals surface area contributed by atoms with Crippen LogP contribution in [0, 0.1) is 0 Å². The minimum Gasteiger partial charge on any atom is -0.395 e. The van der Waals surface area contributed by atoms with Gasteiger partial charge in [0.25, 0.3) is 0 Å². The highest BCUT2D eigenvalue weighted by molar-refractivity contribution is 5.81. The number of carbonyl (C=O) groups excluding carboxylic acids is 1. The van der Waals surface area contributed by atoms with Gasteiger partial charge in [0.1, 0.15) is 0 Å². The highest BCUT2D eigenvalue weighted by Gasteiger charge is 2.60.